The Morgan fingerprint density at radius 1 is 1.02 bits per heavy atom. The number of sulfone groups is 1. The molecule has 0 aliphatic rings. The molecule has 0 bridgehead atoms. The minimum absolute atomic E-state index is 0.0585. The number of nitrogens with zero attached hydrogens (tertiary/aromatic N) is 4. The van der Waals surface area contributed by atoms with Crippen LogP contribution in [0.4, 0.5) is 26.9 Å². The number of amides is 4. The Labute approximate surface area is 315 Å². The van der Waals surface area contributed by atoms with E-state index < -0.39 is 39.6 Å². The van der Waals surface area contributed by atoms with Crippen molar-refractivity contribution >= 4 is 56.5 Å². The van der Waals surface area contributed by atoms with Gasteiger partial charge in [-0.3, -0.25) is 4.79 Å². The lowest BCUT2D eigenvalue weighted by Crippen LogP contribution is -2.54. The van der Waals surface area contributed by atoms with E-state index >= 15 is 0 Å². The molecule has 2 aromatic heterocycles. The Bertz CT molecular complexity index is 1790. The van der Waals surface area contributed by atoms with Crippen molar-refractivity contribution in [3.63, 3.8) is 0 Å². The van der Waals surface area contributed by atoms with Crippen molar-refractivity contribution in [1.29, 1.82) is 0 Å². The van der Waals surface area contributed by atoms with E-state index in [1.165, 1.54) is 36.8 Å². The molecule has 1 atom stereocenters. The van der Waals surface area contributed by atoms with Crippen LogP contribution in [0.2, 0.25) is 0 Å². The van der Waals surface area contributed by atoms with Crippen LogP contribution >= 0.6 is 11.3 Å². The fourth-order valence-corrected chi connectivity index (χ4v) is 6.47. The highest BCUT2D eigenvalue weighted by Crippen LogP contribution is 2.32. The number of aromatic nitrogens is 2. The summed E-state index contributed by atoms with van der Waals surface area (Å²) in [5, 5.41) is 23.0. The van der Waals surface area contributed by atoms with E-state index in [-0.39, 0.29) is 24.0 Å². The molecule has 1 unspecified atom stereocenters. The highest BCUT2D eigenvalue weighted by molar-refractivity contribution is 7.90. The standard InChI is InChI=1S/C35H52N8O8S2/c1-10-42(19-20-53(9,48)49)18-17-37-30(44)28-29(36-8)41-31(52-28)25-12-14-26(15-13-25)40-32(45)39-22-24-11-16-27(38-21-24)43(33(46)51-34(4,5)6)35(7,47)50-23(2)3/h11-16,21,23,36,47H,10,17-20,22H2,1-9H3,(H,37,44)(H2,39,40,45). The summed E-state index contributed by atoms with van der Waals surface area (Å²) in [6.45, 7) is 13.9. The van der Waals surface area contributed by atoms with Crippen LogP contribution < -0.4 is 26.2 Å². The summed E-state index contributed by atoms with van der Waals surface area (Å²) < 4.78 is 34.1. The first-order chi connectivity index (χ1) is 24.7. The van der Waals surface area contributed by atoms with Crippen molar-refractivity contribution in [1.82, 2.24) is 25.5 Å². The second-order valence-corrected chi connectivity index (χ2v) is 16.9. The minimum atomic E-state index is -3.07. The fourth-order valence-electron chi connectivity index (χ4n) is 4.89. The molecule has 0 fully saturated rings. The number of thiazole rings is 1. The largest absolute Gasteiger partial charge is 0.443 e. The number of likely N-dealkylation sites (N-methyl/N-ethyl adjacent to an activating group) is 1. The van der Waals surface area contributed by atoms with E-state index in [4.69, 9.17) is 9.47 Å². The number of carbonyl (C=O) groups is 3. The van der Waals surface area contributed by atoms with Crippen LogP contribution in [-0.4, -0.2) is 109 Å². The van der Waals surface area contributed by atoms with Crippen LogP contribution in [0.5, 0.6) is 0 Å². The summed E-state index contributed by atoms with van der Waals surface area (Å²) in [5.41, 5.74) is 1.08. The van der Waals surface area contributed by atoms with Crippen LogP contribution in [-0.2, 0) is 25.9 Å². The SMILES string of the molecule is CCN(CCNC(=O)c1sc(-c2ccc(NC(=O)NCc3ccc(N(C(=O)OC(C)(C)C)C(C)(O)OC(C)C)nc3)cc2)nc1NC)CCS(C)(=O)=O. The average Bonchev–Trinajstić information content (AvgIpc) is 3.49. The van der Waals surface area contributed by atoms with Gasteiger partial charge in [-0.05, 0) is 77.1 Å². The molecule has 0 saturated carbocycles. The summed E-state index contributed by atoms with van der Waals surface area (Å²) in [4.78, 5) is 51.0. The fraction of sp³-hybridized carbons (Fsp3) is 0.514. The van der Waals surface area contributed by atoms with Crippen molar-refractivity contribution in [2.24, 2.45) is 0 Å². The predicted molar refractivity (Wildman–Crippen MR) is 207 cm³/mol. The molecule has 5 N–H and O–H groups in total. The topological polar surface area (TPSA) is 204 Å². The zero-order valence-corrected chi connectivity index (χ0v) is 33.4. The maximum absolute atomic E-state index is 13.0. The maximum atomic E-state index is 13.0. The van der Waals surface area contributed by atoms with E-state index in [1.807, 2.05) is 11.8 Å². The Kier molecular flexibility index (Phi) is 15.1. The highest BCUT2D eigenvalue weighted by atomic mass is 32.2. The summed E-state index contributed by atoms with van der Waals surface area (Å²) in [6.07, 6.45) is 1.43. The Morgan fingerprint density at radius 3 is 2.25 bits per heavy atom. The summed E-state index contributed by atoms with van der Waals surface area (Å²) in [5.74, 6) is -1.75. The van der Waals surface area contributed by atoms with Gasteiger partial charge < -0.3 is 40.7 Å². The number of hydrogen-bond acceptors (Lipinski definition) is 13. The van der Waals surface area contributed by atoms with Gasteiger partial charge in [-0.1, -0.05) is 13.0 Å². The number of nitrogens with one attached hydrogen (secondary N) is 4. The first-order valence-corrected chi connectivity index (χ1v) is 20.0. The number of pyridine rings is 1. The molecule has 0 radical (unpaired) electrons. The number of aliphatic hydroxyl groups is 1. The quantitative estimate of drug-likeness (QED) is 0.120. The highest BCUT2D eigenvalue weighted by Gasteiger charge is 2.40. The molecule has 0 saturated heterocycles. The number of benzene rings is 1. The van der Waals surface area contributed by atoms with Crippen LogP contribution in [0.1, 0.15) is 63.7 Å². The normalized spacial score (nSPS) is 13.0. The molecule has 16 nitrogen and oxygen atoms in total. The molecule has 3 aromatic rings. The number of ether oxygens (including phenoxy) is 2. The number of urea groups is 1. The number of carbonyl (C=O) groups excluding carboxylic acids is 3. The molecule has 0 aliphatic carbocycles. The summed E-state index contributed by atoms with van der Waals surface area (Å²) in [6, 6.07) is 9.72. The number of rotatable bonds is 17. The zero-order chi connectivity index (χ0) is 39.6. The van der Waals surface area contributed by atoms with Gasteiger partial charge in [-0.2, -0.15) is 0 Å². The smallest absolute Gasteiger partial charge is 0.420 e. The third kappa shape index (κ3) is 13.9. The predicted octanol–water partition coefficient (Wildman–Crippen LogP) is 4.50. The average molecular weight is 777 g/mol. The molecule has 0 spiro atoms. The van der Waals surface area contributed by atoms with Gasteiger partial charge in [-0.15, -0.1) is 11.3 Å². The zero-order valence-electron chi connectivity index (χ0n) is 31.8. The van der Waals surface area contributed by atoms with E-state index in [0.717, 1.165) is 10.5 Å². The lowest BCUT2D eigenvalue weighted by molar-refractivity contribution is -0.207. The summed E-state index contributed by atoms with van der Waals surface area (Å²) in [7, 11) is -1.39. The first kappa shape index (κ1) is 43.0. The molecule has 292 valence electrons. The van der Waals surface area contributed by atoms with Crippen LogP contribution in [0.25, 0.3) is 10.6 Å². The Balaban J connectivity index is 1.59. The molecule has 2 heterocycles. The van der Waals surface area contributed by atoms with Gasteiger partial charge in [0.1, 0.15) is 31.1 Å². The lowest BCUT2D eigenvalue weighted by Gasteiger charge is -2.37. The third-order valence-electron chi connectivity index (χ3n) is 7.34. The second kappa shape index (κ2) is 18.6. The van der Waals surface area contributed by atoms with Crippen molar-refractivity contribution in [3.8, 4) is 10.6 Å². The van der Waals surface area contributed by atoms with E-state index in [1.54, 1.807) is 72.0 Å². The lowest BCUT2D eigenvalue weighted by atomic mass is 10.2. The molecule has 18 heteroatoms. The van der Waals surface area contributed by atoms with Crippen molar-refractivity contribution in [2.45, 2.75) is 72.6 Å². The van der Waals surface area contributed by atoms with Gasteiger partial charge in [0.15, 0.2) is 5.82 Å². The maximum Gasteiger partial charge on any atom is 0.420 e. The molecular formula is C35H52N8O8S2. The van der Waals surface area contributed by atoms with E-state index in [0.29, 0.717) is 53.1 Å². The minimum Gasteiger partial charge on any atom is -0.443 e. The van der Waals surface area contributed by atoms with E-state index in [2.05, 4.69) is 31.2 Å². The molecule has 53 heavy (non-hydrogen) atoms. The number of hydrogen-bond donors (Lipinski definition) is 5. The van der Waals surface area contributed by atoms with Gasteiger partial charge in [0.05, 0.1) is 11.9 Å². The molecule has 4 amide bonds. The molecular weight excluding hydrogens is 725 g/mol. The van der Waals surface area contributed by atoms with Gasteiger partial charge in [0.25, 0.3) is 11.8 Å². The van der Waals surface area contributed by atoms with Crippen molar-refractivity contribution < 1.29 is 37.4 Å². The molecule has 3 rings (SSSR count). The first-order valence-electron chi connectivity index (χ1n) is 17.1. The Hall–Kier alpha value is -4.36. The third-order valence-corrected chi connectivity index (χ3v) is 9.37. The van der Waals surface area contributed by atoms with Crippen molar-refractivity contribution in [3.05, 3.63) is 53.0 Å². The Morgan fingerprint density at radius 2 is 1.70 bits per heavy atom. The number of anilines is 3. The summed E-state index contributed by atoms with van der Waals surface area (Å²) >= 11 is 1.23. The molecule has 1 aromatic carbocycles. The van der Waals surface area contributed by atoms with Gasteiger partial charge in [0, 0.05) is 63.9 Å². The van der Waals surface area contributed by atoms with Crippen LogP contribution in [0, 0.1) is 0 Å². The van der Waals surface area contributed by atoms with Crippen LogP contribution in [0.3, 0.4) is 0 Å². The van der Waals surface area contributed by atoms with Gasteiger partial charge in [0.2, 0.25) is 0 Å². The van der Waals surface area contributed by atoms with Gasteiger partial charge in [-0.25, -0.2) is 32.9 Å². The van der Waals surface area contributed by atoms with Crippen LogP contribution in [0.15, 0.2) is 42.6 Å². The van der Waals surface area contributed by atoms with Crippen molar-refractivity contribution in [2.75, 3.05) is 60.8 Å². The van der Waals surface area contributed by atoms with E-state index in [9.17, 15) is 27.9 Å². The molecule has 0 aliphatic heterocycles. The monoisotopic (exact) mass is 776 g/mol. The van der Waals surface area contributed by atoms with Gasteiger partial charge >= 0.3 is 12.1 Å². The second-order valence-electron chi connectivity index (χ2n) is 13.6.